The number of hydrogen-bond acceptors (Lipinski definition) is 5. The quantitative estimate of drug-likeness (QED) is 0.227. The molecule has 1 aromatic heterocycles. The van der Waals surface area contributed by atoms with Crippen molar-refractivity contribution in [3.8, 4) is 0 Å². The predicted molar refractivity (Wildman–Crippen MR) is 134 cm³/mol. The Bertz CT molecular complexity index is 1300. The monoisotopic (exact) mass is 454 g/mol. The molecule has 4 rings (SSSR count). The number of carbonyl (C=O) groups is 2. The third-order valence-electron chi connectivity index (χ3n) is 4.82. The third kappa shape index (κ3) is 6.05. The second kappa shape index (κ2) is 10.6. The van der Waals surface area contributed by atoms with E-state index in [4.69, 9.17) is 0 Å². The Labute approximate surface area is 196 Å². The zero-order valence-corrected chi connectivity index (χ0v) is 18.8. The van der Waals surface area contributed by atoms with Crippen molar-refractivity contribution in [2.45, 2.75) is 17.6 Å². The van der Waals surface area contributed by atoms with E-state index in [9.17, 15) is 9.59 Å². The molecule has 0 unspecified atom stereocenters. The Morgan fingerprint density at radius 1 is 0.970 bits per heavy atom. The average molecular weight is 455 g/mol. The molecule has 7 heteroatoms. The van der Waals surface area contributed by atoms with E-state index in [1.165, 1.54) is 6.92 Å². The van der Waals surface area contributed by atoms with Crippen molar-refractivity contribution in [3.63, 3.8) is 0 Å². The molecule has 0 saturated carbocycles. The fourth-order valence-electron chi connectivity index (χ4n) is 3.19. The van der Waals surface area contributed by atoms with Crippen LogP contribution in [0.1, 0.15) is 28.4 Å². The molecule has 0 aliphatic carbocycles. The number of anilines is 1. The van der Waals surface area contributed by atoms with E-state index < -0.39 is 0 Å². The van der Waals surface area contributed by atoms with E-state index in [0.29, 0.717) is 11.3 Å². The fourth-order valence-corrected chi connectivity index (χ4v) is 4.19. The fraction of sp³-hybridized carbons (Fsp3) is 0.0769. The van der Waals surface area contributed by atoms with Gasteiger partial charge in [0, 0.05) is 40.4 Å². The van der Waals surface area contributed by atoms with Crippen molar-refractivity contribution >= 4 is 46.4 Å². The molecular weight excluding hydrogens is 432 g/mol. The first-order chi connectivity index (χ1) is 16.1. The van der Waals surface area contributed by atoms with Crippen LogP contribution in [0.3, 0.4) is 0 Å². The molecule has 2 amide bonds. The molecular formula is C26H22N4O2S. The number of thioether (sulfide) groups is 1. The first kappa shape index (κ1) is 22.2. The first-order valence-electron chi connectivity index (χ1n) is 10.3. The van der Waals surface area contributed by atoms with Gasteiger partial charge in [-0.2, -0.15) is 5.10 Å². The minimum absolute atomic E-state index is 0.126. The number of amides is 2. The van der Waals surface area contributed by atoms with Gasteiger partial charge >= 0.3 is 0 Å². The van der Waals surface area contributed by atoms with Gasteiger partial charge in [-0.3, -0.25) is 14.6 Å². The molecule has 2 N–H and O–H groups in total. The van der Waals surface area contributed by atoms with Gasteiger partial charge in [0.1, 0.15) is 0 Å². The number of aromatic nitrogens is 1. The van der Waals surface area contributed by atoms with Crippen molar-refractivity contribution < 1.29 is 9.59 Å². The van der Waals surface area contributed by atoms with Crippen LogP contribution in [0.5, 0.6) is 0 Å². The lowest BCUT2D eigenvalue weighted by atomic mass is 10.1. The lowest BCUT2D eigenvalue weighted by molar-refractivity contribution is -0.114. The van der Waals surface area contributed by atoms with E-state index in [1.807, 2.05) is 30.5 Å². The normalized spacial score (nSPS) is 10.9. The van der Waals surface area contributed by atoms with E-state index in [-0.39, 0.29) is 11.8 Å². The summed E-state index contributed by atoms with van der Waals surface area (Å²) in [7, 11) is 0. The molecule has 0 spiro atoms. The van der Waals surface area contributed by atoms with Gasteiger partial charge in [0.05, 0.1) is 11.7 Å². The van der Waals surface area contributed by atoms with E-state index in [2.05, 4.69) is 39.0 Å². The zero-order valence-electron chi connectivity index (χ0n) is 18.0. The van der Waals surface area contributed by atoms with Crippen LogP contribution in [0.2, 0.25) is 0 Å². The smallest absolute Gasteiger partial charge is 0.271 e. The maximum Gasteiger partial charge on any atom is 0.271 e. The topological polar surface area (TPSA) is 83.5 Å². The van der Waals surface area contributed by atoms with Crippen LogP contribution < -0.4 is 10.7 Å². The molecule has 3 aromatic carbocycles. The van der Waals surface area contributed by atoms with Gasteiger partial charge in [0.25, 0.3) is 5.91 Å². The minimum atomic E-state index is -0.279. The SMILES string of the molecule is CC(=O)Nc1ccc(/C=N/NC(=O)c2ccc(CSc3cccc4cccnc34)cc2)cc1. The number of rotatable bonds is 7. The summed E-state index contributed by atoms with van der Waals surface area (Å²) in [6, 6.07) is 24.8. The average Bonchev–Trinajstić information content (AvgIpc) is 2.83. The molecule has 0 aliphatic heterocycles. The van der Waals surface area contributed by atoms with E-state index in [0.717, 1.165) is 32.7 Å². The van der Waals surface area contributed by atoms with Crippen LogP contribution in [0.15, 0.2) is 95.1 Å². The molecule has 1 heterocycles. The largest absolute Gasteiger partial charge is 0.326 e. The highest BCUT2D eigenvalue weighted by Crippen LogP contribution is 2.28. The van der Waals surface area contributed by atoms with Crippen LogP contribution in [0.4, 0.5) is 5.69 Å². The van der Waals surface area contributed by atoms with Crippen molar-refractivity contribution in [2.75, 3.05) is 5.32 Å². The Morgan fingerprint density at radius 3 is 2.48 bits per heavy atom. The number of fused-ring (bicyclic) bond motifs is 1. The molecule has 0 aliphatic rings. The van der Waals surface area contributed by atoms with E-state index >= 15 is 0 Å². The number of pyridine rings is 1. The van der Waals surface area contributed by atoms with Crippen LogP contribution in [0.25, 0.3) is 10.9 Å². The van der Waals surface area contributed by atoms with Crippen LogP contribution in [-0.4, -0.2) is 23.0 Å². The van der Waals surface area contributed by atoms with Gasteiger partial charge in [-0.05, 0) is 47.5 Å². The number of nitrogens with one attached hydrogen (secondary N) is 2. The van der Waals surface area contributed by atoms with Gasteiger partial charge in [-0.1, -0.05) is 42.5 Å². The first-order valence-corrected chi connectivity index (χ1v) is 11.3. The third-order valence-corrected chi connectivity index (χ3v) is 5.94. The molecule has 0 saturated heterocycles. The Morgan fingerprint density at radius 2 is 1.73 bits per heavy atom. The molecule has 164 valence electrons. The van der Waals surface area contributed by atoms with Gasteiger partial charge < -0.3 is 5.32 Å². The van der Waals surface area contributed by atoms with Crippen LogP contribution in [0, 0.1) is 0 Å². The van der Waals surface area contributed by atoms with Crippen molar-refractivity contribution in [1.82, 2.24) is 10.4 Å². The summed E-state index contributed by atoms with van der Waals surface area (Å²) in [6.07, 6.45) is 3.36. The highest BCUT2D eigenvalue weighted by atomic mass is 32.2. The molecule has 6 nitrogen and oxygen atoms in total. The maximum atomic E-state index is 12.4. The molecule has 0 fully saturated rings. The van der Waals surface area contributed by atoms with E-state index in [1.54, 1.807) is 54.4 Å². The van der Waals surface area contributed by atoms with Crippen molar-refractivity contribution in [1.29, 1.82) is 0 Å². The summed E-state index contributed by atoms with van der Waals surface area (Å²) >= 11 is 1.72. The summed E-state index contributed by atoms with van der Waals surface area (Å²) in [5.41, 5.74) is 6.71. The Hall–Kier alpha value is -3.97. The Balaban J connectivity index is 1.31. The Kier molecular flexibility index (Phi) is 7.12. The molecule has 0 radical (unpaired) electrons. The number of benzene rings is 3. The summed E-state index contributed by atoms with van der Waals surface area (Å²) < 4.78 is 0. The predicted octanol–water partition coefficient (Wildman–Crippen LogP) is 5.25. The summed E-state index contributed by atoms with van der Waals surface area (Å²) in [5, 5.41) is 7.84. The number of hydrazone groups is 1. The summed E-state index contributed by atoms with van der Waals surface area (Å²) in [6.45, 7) is 1.46. The number of hydrogen-bond donors (Lipinski definition) is 2. The van der Waals surface area contributed by atoms with Gasteiger partial charge in [0.2, 0.25) is 5.91 Å². The lowest BCUT2D eigenvalue weighted by Gasteiger charge is -2.06. The minimum Gasteiger partial charge on any atom is -0.326 e. The zero-order chi connectivity index (χ0) is 23.0. The highest BCUT2D eigenvalue weighted by molar-refractivity contribution is 7.98. The van der Waals surface area contributed by atoms with Gasteiger partial charge in [-0.15, -0.1) is 11.8 Å². The second-order valence-electron chi connectivity index (χ2n) is 7.32. The number of nitrogens with zero attached hydrogens (tertiary/aromatic N) is 2. The maximum absolute atomic E-state index is 12.4. The summed E-state index contributed by atoms with van der Waals surface area (Å²) in [4.78, 5) is 29.0. The summed E-state index contributed by atoms with van der Waals surface area (Å²) in [5.74, 6) is 0.377. The van der Waals surface area contributed by atoms with Crippen molar-refractivity contribution in [2.24, 2.45) is 5.10 Å². The lowest BCUT2D eigenvalue weighted by Crippen LogP contribution is -2.17. The van der Waals surface area contributed by atoms with Crippen molar-refractivity contribution in [3.05, 3.63) is 102 Å². The van der Waals surface area contributed by atoms with Gasteiger partial charge in [0.15, 0.2) is 0 Å². The molecule has 0 atom stereocenters. The standard InChI is InChI=1S/C26H22N4O2S/c1-18(31)29-23-13-9-19(10-14-23)16-28-30-26(32)22-11-7-20(8-12-22)17-33-24-6-2-4-21-5-3-15-27-25(21)24/h2-16H,17H2,1H3,(H,29,31)(H,30,32)/b28-16+. The number of para-hydroxylation sites is 1. The van der Waals surface area contributed by atoms with Crippen LogP contribution in [-0.2, 0) is 10.5 Å². The second-order valence-corrected chi connectivity index (χ2v) is 8.34. The van der Waals surface area contributed by atoms with Gasteiger partial charge in [-0.25, -0.2) is 5.43 Å². The molecule has 33 heavy (non-hydrogen) atoms. The molecule has 0 bridgehead atoms. The highest BCUT2D eigenvalue weighted by Gasteiger charge is 2.06. The van der Waals surface area contributed by atoms with Crippen LogP contribution >= 0.6 is 11.8 Å². The number of carbonyl (C=O) groups excluding carboxylic acids is 2. The molecule has 4 aromatic rings.